The Kier molecular flexibility index (Phi) is 4.82. The van der Waals surface area contributed by atoms with Crippen LogP contribution in [0.2, 0.25) is 0 Å². The maximum Gasteiger partial charge on any atom is 0.336 e. The van der Waals surface area contributed by atoms with Crippen LogP contribution in [0, 0.1) is 0 Å². The van der Waals surface area contributed by atoms with Gasteiger partial charge in [0.25, 0.3) is 0 Å². The Bertz CT molecular complexity index is 986. The molecule has 5 nitrogen and oxygen atoms in total. The van der Waals surface area contributed by atoms with Crippen LogP contribution in [0.5, 0.6) is 5.75 Å². The number of rotatable bonds is 4. The highest BCUT2D eigenvalue weighted by atomic mass is 79.9. The van der Waals surface area contributed by atoms with Crippen LogP contribution in [0.1, 0.15) is 10.4 Å². The van der Waals surface area contributed by atoms with Crippen LogP contribution in [0.3, 0.4) is 0 Å². The highest BCUT2D eigenvalue weighted by Crippen LogP contribution is 2.24. The van der Waals surface area contributed by atoms with Gasteiger partial charge in [-0.2, -0.15) is 0 Å². The van der Waals surface area contributed by atoms with Crippen molar-refractivity contribution in [3.8, 4) is 5.75 Å². The summed E-state index contributed by atoms with van der Waals surface area (Å²) in [6.07, 6.45) is 2.99. The minimum absolute atomic E-state index is 0.00941. The molecule has 0 unspecified atom stereocenters. The van der Waals surface area contributed by atoms with Crippen LogP contribution in [0.25, 0.3) is 17.0 Å². The van der Waals surface area contributed by atoms with E-state index < -0.39 is 11.6 Å². The first-order chi connectivity index (χ1) is 11.5. The number of benzene rings is 1. The van der Waals surface area contributed by atoms with Gasteiger partial charge in [-0.3, -0.25) is 0 Å². The summed E-state index contributed by atoms with van der Waals surface area (Å²) in [7, 11) is 0. The number of phenolic OH excluding ortho intramolecular Hbond substituents is 1. The quantitative estimate of drug-likeness (QED) is 0.401. The summed E-state index contributed by atoms with van der Waals surface area (Å²) >= 11 is 4.84. The van der Waals surface area contributed by atoms with Gasteiger partial charge in [-0.05, 0) is 46.3 Å². The van der Waals surface area contributed by atoms with Gasteiger partial charge in [0, 0.05) is 34.0 Å². The van der Waals surface area contributed by atoms with E-state index in [2.05, 4.69) is 15.9 Å². The predicted octanol–water partition coefficient (Wildman–Crippen LogP) is 4.08. The normalized spacial score (nSPS) is 11.2. The lowest BCUT2D eigenvalue weighted by Gasteiger charge is -2.06. The summed E-state index contributed by atoms with van der Waals surface area (Å²) in [6.45, 7) is -0.0653. The molecule has 0 aliphatic rings. The summed E-state index contributed by atoms with van der Waals surface area (Å²) in [5, 5.41) is 10.1. The lowest BCUT2D eigenvalue weighted by Crippen LogP contribution is -2.05. The maximum atomic E-state index is 11.8. The molecule has 0 fully saturated rings. The van der Waals surface area contributed by atoms with Crippen LogP contribution in [0.15, 0.2) is 55.5 Å². The van der Waals surface area contributed by atoms with Crippen LogP contribution in [-0.2, 0) is 16.1 Å². The maximum absolute atomic E-state index is 11.8. The Balaban J connectivity index is 1.74. The molecule has 0 saturated carbocycles. The van der Waals surface area contributed by atoms with Crippen molar-refractivity contribution in [1.82, 2.24) is 0 Å². The Labute approximate surface area is 148 Å². The molecule has 0 bridgehead atoms. The molecule has 0 radical (unpaired) electrons. The third-order valence-electron chi connectivity index (χ3n) is 3.16. The monoisotopic (exact) mass is 406 g/mol. The third kappa shape index (κ3) is 3.93. The summed E-state index contributed by atoms with van der Waals surface area (Å²) in [6, 6.07) is 9.46. The molecule has 0 spiro atoms. The van der Waals surface area contributed by atoms with Crippen molar-refractivity contribution in [2.45, 2.75) is 6.61 Å². The molecule has 0 saturated heterocycles. The molecule has 2 aromatic heterocycles. The number of esters is 1. The fraction of sp³-hybridized carbons (Fsp3) is 0.0588. The minimum atomic E-state index is -0.571. The fourth-order valence-electron chi connectivity index (χ4n) is 2.10. The van der Waals surface area contributed by atoms with Gasteiger partial charge in [-0.25, -0.2) is 9.59 Å². The Hall–Kier alpha value is -2.38. The number of phenols is 1. The number of carbonyl (C=O) groups is 1. The Morgan fingerprint density at radius 3 is 2.88 bits per heavy atom. The largest absolute Gasteiger partial charge is 0.508 e. The molecule has 1 N–H and O–H groups in total. The highest BCUT2D eigenvalue weighted by Gasteiger charge is 2.08. The van der Waals surface area contributed by atoms with Gasteiger partial charge in [0.1, 0.15) is 17.9 Å². The van der Waals surface area contributed by atoms with Gasteiger partial charge in [-0.15, -0.1) is 11.3 Å². The van der Waals surface area contributed by atoms with E-state index in [1.165, 1.54) is 35.6 Å². The molecule has 0 amide bonds. The van der Waals surface area contributed by atoms with Crippen molar-refractivity contribution in [3.63, 3.8) is 0 Å². The number of carbonyl (C=O) groups excluding carboxylic acids is 1. The van der Waals surface area contributed by atoms with Gasteiger partial charge in [0.15, 0.2) is 0 Å². The standard InChI is InChI=1S/C17H11BrO5S/c18-15-5-2-12(24-15)3-6-16(20)22-9-10-7-17(21)23-14-8-11(19)1-4-13(10)14/h1-8,19H,9H2/b6-3+. The first kappa shape index (κ1) is 16.5. The SMILES string of the molecule is O=C(/C=C/c1ccc(Br)s1)OCc1cc(=O)oc2cc(O)ccc12. The van der Waals surface area contributed by atoms with Crippen molar-refractivity contribution in [2.75, 3.05) is 0 Å². The number of hydrogen-bond donors (Lipinski definition) is 1. The van der Waals surface area contributed by atoms with Crippen molar-refractivity contribution in [3.05, 3.63) is 67.1 Å². The van der Waals surface area contributed by atoms with Gasteiger partial charge in [0.2, 0.25) is 0 Å². The fourth-order valence-corrected chi connectivity index (χ4v) is 3.43. The topological polar surface area (TPSA) is 76.7 Å². The van der Waals surface area contributed by atoms with Crippen molar-refractivity contribution in [1.29, 1.82) is 0 Å². The Morgan fingerprint density at radius 1 is 1.29 bits per heavy atom. The third-order valence-corrected chi connectivity index (χ3v) is 4.75. The van der Waals surface area contributed by atoms with E-state index in [4.69, 9.17) is 9.15 Å². The van der Waals surface area contributed by atoms with Gasteiger partial charge in [0.05, 0.1) is 3.79 Å². The van der Waals surface area contributed by atoms with E-state index in [1.54, 1.807) is 12.1 Å². The lowest BCUT2D eigenvalue weighted by atomic mass is 10.1. The van der Waals surface area contributed by atoms with Gasteiger partial charge >= 0.3 is 11.6 Å². The molecule has 3 aromatic rings. The number of thiophene rings is 1. The summed E-state index contributed by atoms with van der Waals surface area (Å²) in [4.78, 5) is 24.3. The van der Waals surface area contributed by atoms with Crippen LogP contribution < -0.4 is 5.63 Å². The highest BCUT2D eigenvalue weighted by molar-refractivity contribution is 9.11. The molecule has 24 heavy (non-hydrogen) atoms. The Morgan fingerprint density at radius 2 is 2.12 bits per heavy atom. The second kappa shape index (κ2) is 7.02. The molecule has 0 aliphatic heterocycles. The van der Waals surface area contributed by atoms with E-state index in [9.17, 15) is 14.7 Å². The first-order valence-corrected chi connectivity index (χ1v) is 8.48. The summed E-state index contributed by atoms with van der Waals surface area (Å²) < 4.78 is 11.2. The van der Waals surface area contributed by atoms with Gasteiger partial charge < -0.3 is 14.3 Å². The van der Waals surface area contributed by atoms with Gasteiger partial charge in [-0.1, -0.05) is 0 Å². The van der Waals surface area contributed by atoms with E-state index in [0.29, 0.717) is 10.9 Å². The van der Waals surface area contributed by atoms with Crippen molar-refractivity contribution in [2.24, 2.45) is 0 Å². The van der Waals surface area contributed by atoms with Crippen molar-refractivity contribution < 1.29 is 19.1 Å². The number of fused-ring (bicyclic) bond motifs is 1. The number of halogens is 1. The predicted molar refractivity (Wildman–Crippen MR) is 95.0 cm³/mol. The molecular formula is C17H11BrO5S. The molecule has 122 valence electrons. The van der Waals surface area contributed by atoms with Crippen LogP contribution in [-0.4, -0.2) is 11.1 Å². The average Bonchev–Trinajstić information content (AvgIpc) is 2.95. The number of aromatic hydroxyl groups is 1. The first-order valence-electron chi connectivity index (χ1n) is 6.87. The number of ether oxygens (including phenoxy) is 1. The second-order valence-electron chi connectivity index (χ2n) is 4.85. The molecule has 3 rings (SSSR count). The zero-order chi connectivity index (χ0) is 17.1. The van der Waals surface area contributed by atoms with Crippen LogP contribution in [0.4, 0.5) is 0 Å². The van der Waals surface area contributed by atoms with E-state index >= 15 is 0 Å². The van der Waals surface area contributed by atoms with E-state index in [-0.39, 0.29) is 17.9 Å². The van der Waals surface area contributed by atoms with Crippen LogP contribution >= 0.6 is 27.3 Å². The molecule has 1 aromatic carbocycles. The number of hydrogen-bond acceptors (Lipinski definition) is 6. The lowest BCUT2D eigenvalue weighted by molar-refractivity contribution is -0.138. The average molecular weight is 407 g/mol. The van der Waals surface area contributed by atoms with E-state index in [0.717, 1.165) is 8.66 Å². The molecular weight excluding hydrogens is 396 g/mol. The molecule has 2 heterocycles. The minimum Gasteiger partial charge on any atom is -0.508 e. The van der Waals surface area contributed by atoms with Crippen molar-refractivity contribution >= 4 is 50.3 Å². The second-order valence-corrected chi connectivity index (χ2v) is 7.35. The summed E-state index contributed by atoms with van der Waals surface area (Å²) in [5.74, 6) is -0.524. The molecule has 0 aliphatic carbocycles. The smallest absolute Gasteiger partial charge is 0.336 e. The zero-order valence-electron chi connectivity index (χ0n) is 12.2. The molecule has 0 atom stereocenters. The van der Waals surface area contributed by atoms with E-state index in [1.807, 2.05) is 12.1 Å². The zero-order valence-corrected chi connectivity index (χ0v) is 14.6. The summed E-state index contributed by atoms with van der Waals surface area (Å²) in [5.41, 5.74) is 0.188. The molecule has 7 heteroatoms.